The zero-order chi connectivity index (χ0) is 20.1. The summed E-state index contributed by atoms with van der Waals surface area (Å²) in [6.07, 6.45) is 1.51. The first-order valence-electron chi connectivity index (χ1n) is 8.35. The summed E-state index contributed by atoms with van der Waals surface area (Å²) in [7, 11) is 1.27. The van der Waals surface area contributed by atoms with Crippen molar-refractivity contribution >= 4 is 24.0 Å². The normalized spacial score (nSPS) is 14.9. The second-order valence-electron chi connectivity index (χ2n) is 5.90. The average Bonchev–Trinajstić information content (AvgIpc) is 2.96. The van der Waals surface area contributed by atoms with Crippen molar-refractivity contribution in [1.29, 1.82) is 0 Å². The summed E-state index contributed by atoms with van der Waals surface area (Å²) in [5.41, 5.74) is 0.978. The average molecular weight is 384 g/mol. The number of nitrogens with one attached hydrogen (secondary N) is 1. The van der Waals surface area contributed by atoms with E-state index in [1.165, 1.54) is 31.4 Å². The van der Waals surface area contributed by atoms with Crippen LogP contribution in [0.25, 0.3) is 6.08 Å². The summed E-state index contributed by atoms with van der Waals surface area (Å²) in [4.78, 5) is 36.6. The van der Waals surface area contributed by atoms with Crippen molar-refractivity contribution in [3.63, 3.8) is 0 Å². The van der Waals surface area contributed by atoms with Gasteiger partial charge in [0.25, 0.3) is 5.91 Å². The third-order valence-corrected chi connectivity index (χ3v) is 4.02. The minimum atomic E-state index is -0.613. The number of amides is 3. The summed E-state index contributed by atoms with van der Waals surface area (Å²) in [6, 6.07) is 11.9. The van der Waals surface area contributed by atoms with Crippen LogP contribution >= 0.6 is 0 Å². The zero-order valence-corrected chi connectivity index (χ0v) is 15.0. The number of hydrogen-bond acceptors (Lipinski definition) is 5. The van der Waals surface area contributed by atoms with Crippen LogP contribution < -0.4 is 10.1 Å². The van der Waals surface area contributed by atoms with Crippen LogP contribution in [-0.4, -0.2) is 36.5 Å². The summed E-state index contributed by atoms with van der Waals surface area (Å²) in [5, 5.41) is 2.49. The lowest BCUT2D eigenvalue weighted by molar-refractivity contribution is -0.142. The molecule has 2 aromatic carbocycles. The summed E-state index contributed by atoms with van der Waals surface area (Å²) in [5.74, 6) is -1.07. The van der Waals surface area contributed by atoms with Gasteiger partial charge in [-0.1, -0.05) is 30.3 Å². The fourth-order valence-electron chi connectivity index (χ4n) is 2.54. The van der Waals surface area contributed by atoms with Gasteiger partial charge < -0.3 is 14.8 Å². The molecule has 1 N–H and O–H groups in total. The highest BCUT2D eigenvalue weighted by Crippen LogP contribution is 2.19. The minimum Gasteiger partial charge on any atom is -0.482 e. The van der Waals surface area contributed by atoms with Crippen molar-refractivity contribution in [3.8, 4) is 5.75 Å². The molecule has 0 saturated carbocycles. The Morgan fingerprint density at radius 3 is 2.54 bits per heavy atom. The van der Waals surface area contributed by atoms with E-state index < -0.39 is 23.7 Å². The van der Waals surface area contributed by atoms with E-state index in [4.69, 9.17) is 4.74 Å². The number of nitrogens with zero attached hydrogens (tertiary/aromatic N) is 1. The maximum Gasteiger partial charge on any atom is 0.343 e. The molecule has 0 bridgehead atoms. The van der Waals surface area contributed by atoms with Crippen LogP contribution in [0, 0.1) is 5.82 Å². The second-order valence-corrected chi connectivity index (χ2v) is 5.90. The number of urea groups is 1. The molecule has 0 spiro atoms. The molecular weight excluding hydrogens is 367 g/mol. The molecule has 7 nitrogen and oxygen atoms in total. The standard InChI is InChI=1S/C20H17FN2O5/c1-27-18(24)12-28-15-8-6-13(7-9-15)10-17-19(25)23(20(26)22-17)11-14-4-2-3-5-16(14)21/h2-10H,11-12H2,1H3,(H,22,26). The van der Waals surface area contributed by atoms with Gasteiger partial charge in [0.1, 0.15) is 17.3 Å². The van der Waals surface area contributed by atoms with Gasteiger partial charge in [-0.3, -0.25) is 9.69 Å². The maximum absolute atomic E-state index is 13.8. The molecule has 1 aliphatic rings. The van der Waals surface area contributed by atoms with Crippen LogP contribution in [0.1, 0.15) is 11.1 Å². The van der Waals surface area contributed by atoms with Crippen molar-refractivity contribution in [1.82, 2.24) is 10.2 Å². The molecule has 1 saturated heterocycles. The molecular formula is C20H17FN2O5. The van der Waals surface area contributed by atoms with E-state index in [9.17, 15) is 18.8 Å². The van der Waals surface area contributed by atoms with E-state index in [2.05, 4.69) is 10.1 Å². The van der Waals surface area contributed by atoms with E-state index in [-0.39, 0.29) is 24.4 Å². The van der Waals surface area contributed by atoms with Gasteiger partial charge in [0.05, 0.1) is 13.7 Å². The van der Waals surface area contributed by atoms with Crippen LogP contribution in [0.5, 0.6) is 5.75 Å². The van der Waals surface area contributed by atoms with Crippen LogP contribution in [0.4, 0.5) is 9.18 Å². The van der Waals surface area contributed by atoms with Crippen LogP contribution in [0.2, 0.25) is 0 Å². The fraction of sp³-hybridized carbons (Fsp3) is 0.150. The number of hydrogen-bond donors (Lipinski definition) is 1. The maximum atomic E-state index is 13.8. The predicted molar refractivity (Wildman–Crippen MR) is 97.4 cm³/mol. The second kappa shape index (κ2) is 8.34. The lowest BCUT2D eigenvalue weighted by Crippen LogP contribution is -2.30. The Labute approximate surface area is 160 Å². The summed E-state index contributed by atoms with van der Waals surface area (Å²) >= 11 is 0. The first kappa shape index (κ1) is 19.1. The monoisotopic (exact) mass is 384 g/mol. The molecule has 3 rings (SSSR count). The number of carbonyl (C=O) groups excluding carboxylic acids is 3. The van der Waals surface area contributed by atoms with Gasteiger partial charge in [-0.25, -0.2) is 14.0 Å². The van der Waals surface area contributed by atoms with Gasteiger partial charge in [0.2, 0.25) is 0 Å². The number of carbonyl (C=O) groups is 3. The Morgan fingerprint density at radius 1 is 1.14 bits per heavy atom. The number of esters is 1. The third kappa shape index (κ3) is 4.35. The van der Waals surface area contributed by atoms with Gasteiger partial charge in [0.15, 0.2) is 6.61 Å². The first-order chi connectivity index (χ1) is 13.5. The molecule has 0 unspecified atom stereocenters. The highest BCUT2D eigenvalue weighted by atomic mass is 19.1. The topological polar surface area (TPSA) is 84.9 Å². The van der Waals surface area contributed by atoms with Gasteiger partial charge in [0, 0.05) is 5.56 Å². The van der Waals surface area contributed by atoms with Crippen LogP contribution in [0.3, 0.4) is 0 Å². The zero-order valence-electron chi connectivity index (χ0n) is 15.0. The predicted octanol–water partition coefficient (Wildman–Crippen LogP) is 2.47. The van der Waals surface area contributed by atoms with Crippen molar-refractivity contribution in [2.24, 2.45) is 0 Å². The molecule has 28 heavy (non-hydrogen) atoms. The number of imide groups is 1. The molecule has 0 aromatic heterocycles. The van der Waals surface area contributed by atoms with E-state index in [1.807, 2.05) is 0 Å². The van der Waals surface area contributed by atoms with E-state index in [1.54, 1.807) is 30.3 Å². The van der Waals surface area contributed by atoms with Gasteiger partial charge in [-0.15, -0.1) is 0 Å². The van der Waals surface area contributed by atoms with Crippen molar-refractivity contribution in [2.75, 3.05) is 13.7 Å². The van der Waals surface area contributed by atoms with Gasteiger partial charge in [-0.2, -0.15) is 0 Å². The van der Waals surface area contributed by atoms with E-state index in [0.29, 0.717) is 11.3 Å². The van der Waals surface area contributed by atoms with Crippen molar-refractivity contribution in [2.45, 2.75) is 6.54 Å². The molecule has 1 aliphatic heterocycles. The molecule has 0 aliphatic carbocycles. The molecule has 0 radical (unpaired) electrons. The quantitative estimate of drug-likeness (QED) is 0.470. The van der Waals surface area contributed by atoms with Gasteiger partial charge in [-0.05, 0) is 29.8 Å². The van der Waals surface area contributed by atoms with E-state index >= 15 is 0 Å². The van der Waals surface area contributed by atoms with E-state index in [0.717, 1.165) is 4.90 Å². The smallest absolute Gasteiger partial charge is 0.343 e. The molecule has 2 aromatic rings. The number of rotatable bonds is 6. The molecule has 8 heteroatoms. The number of methoxy groups -OCH3 is 1. The Morgan fingerprint density at radius 2 is 1.86 bits per heavy atom. The Kier molecular flexibility index (Phi) is 5.69. The van der Waals surface area contributed by atoms with Crippen molar-refractivity contribution < 1.29 is 28.2 Å². The van der Waals surface area contributed by atoms with Crippen molar-refractivity contribution in [3.05, 3.63) is 71.2 Å². The largest absolute Gasteiger partial charge is 0.482 e. The lowest BCUT2D eigenvalue weighted by Gasteiger charge is -2.12. The highest BCUT2D eigenvalue weighted by molar-refractivity contribution is 6.13. The molecule has 1 heterocycles. The van der Waals surface area contributed by atoms with Crippen LogP contribution in [-0.2, 0) is 20.9 Å². The van der Waals surface area contributed by atoms with Gasteiger partial charge >= 0.3 is 12.0 Å². The van der Waals surface area contributed by atoms with Crippen LogP contribution in [0.15, 0.2) is 54.2 Å². The Bertz CT molecular complexity index is 940. The molecule has 144 valence electrons. The number of halogens is 1. The number of benzene rings is 2. The fourth-order valence-corrected chi connectivity index (χ4v) is 2.54. The highest BCUT2D eigenvalue weighted by Gasteiger charge is 2.33. The summed E-state index contributed by atoms with van der Waals surface area (Å²) in [6.45, 7) is -0.370. The SMILES string of the molecule is COC(=O)COc1ccc(C=C2NC(=O)N(Cc3ccccc3F)C2=O)cc1. The number of ether oxygens (including phenoxy) is 2. The third-order valence-electron chi connectivity index (χ3n) is 4.02. The first-order valence-corrected chi connectivity index (χ1v) is 8.35. The lowest BCUT2D eigenvalue weighted by atomic mass is 10.1. The Hall–Kier alpha value is -3.68. The Balaban J connectivity index is 1.69. The summed E-state index contributed by atoms with van der Waals surface area (Å²) < 4.78 is 23.5. The minimum absolute atomic E-state index is 0.0876. The molecule has 0 atom stereocenters. The molecule has 3 amide bonds. The molecule has 1 fully saturated rings.